The topological polar surface area (TPSA) is 38.8 Å². The van der Waals surface area contributed by atoms with E-state index in [2.05, 4.69) is 11.8 Å². The van der Waals surface area contributed by atoms with E-state index in [-0.39, 0.29) is 12.1 Å². The molecule has 4 heteroatoms. The van der Waals surface area contributed by atoms with Crippen LogP contribution in [0, 0.1) is 0 Å². The molecule has 0 spiro atoms. The molecular weight excluding hydrogens is 194 g/mol. The maximum Gasteiger partial charge on any atom is 0.320 e. The molecule has 0 amide bonds. The van der Waals surface area contributed by atoms with Crippen molar-refractivity contribution >= 4 is 5.97 Å². The van der Waals surface area contributed by atoms with E-state index in [0.29, 0.717) is 13.2 Å². The molecule has 0 bridgehead atoms. The third-order valence-corrected chi connectivity index (χ3v) is 2.68. The Labute approximate surface area is 91.5 Å². The molecule has 0 aromatic rings. The van der Waals surface area contributed by atoms with E-state index in [1.807, 2.05) is 0 Å². The molecule has 1 unspecified atom stereocenters. The van der Waals surface area contributed by atoms with Crippen molar-refractivity contribution in [2.24, 2.45) is 0 Å². The van der Waals surface area contributed by atoms with Gasteiger partial charge in [-0.25, -0.2) is 0 Å². The molecule has 1 fully saturated rings. The van der Waals surface area contributed by atoms with Gasteiger partial charge >= 0.3 is 5.97 Å². The summed E-state index contributed by atoms with van der Waals surface area (Å²) < 4.78 is 10.3. The lowest BCUT2D eigenvalue weighted by Crippen LogP contribution is -2.30. The third kappa shape index (κ3) is 4.62. The van der Waals surface area contributed by atoms with Crippen molar-refractivity contribution in [3.63, 3.8) is 0 Å². The van der Waals surface area contributed by atoms with Gasteiger partial charge in [0, 0.05) is 20.2 Å². The van der Waals surface area contributed by atoms with Crippen LogP contribution in [0.25, 0.3) is 0 Å². The highest BCUT2D eigenvalue weighted by molar-refractivity contribution is 5.71. The fourth-order valence-corrected chi connectivity index (χ4v) is 1.69. The van der Waals surface area contributed by atoms with Gasteiger partial charge in [0.15, 0.2) is 0 Å². The normalized spacial score (nSPS) is 21.9. The molecule has 0 aromatic carbocycles. The second-order valence-corrected chi connectivity index (χ2v) is 3.96. The minimum absolute atomic E-state index is 0.111. The van der Waals surface area contributed by atoms with Gasteiger partial charge in [-0.15, -0.1) is 0 Å². The number of carbonyl (C=O) groups is 1. The first-order chi connectivity index (χ1) is 7.26. The molecule has 0 aliphatic carbocycles. The fraction of sp³-hybridized carbons (Fsp3) is 0.909. The molecule has 1 heterocycles. The first-order valence-corrected chi connectivity index (χ1v) is 5.67. The molecule has 0 radical (unpaired) electrons. The van der Waals surface area contributed by atoms with Gasteiger partial charge in [-0.1, -0.05) is 13.3 Å². The molecule has 0 aromatic heterocycles. The number of hydrogen-bond donors (Lipinski definition) is 0. The van der Waals surface area contributed by atoms with E-state index < -0.39 is 0 Å². The van der Waals surface area contributed by atoms with Crippen LogP contribution in [0.3, 0.4) is 0 Å². The Morgan fingerprint density at radius 2 is 2.33 bits per heavy atom. The Bertz CT molecular complexity index is 196. The lowest BCUT2D eigenvalue weighted by molar-refractivity contribution is -0.144. The van der Waals surface area contributed by atoms with Crippen molar-refractivity contribution in [2.45, 2.75) is 32.3 Å². The van der Waals surface area contributed by atoms with Gasteiger partial charge in [0.05, 0.1) is 19.3 Å². The van der Waals surface area contributed by atoms with Crippen LogP contribution in [-0.4, -0.2) is 50.3 Å². The molecule has 1 saturated heterocycles. The van der Waals surface area contributed by atoms with E-state index in [1.54, 1.807) is 7.11 Å². The van der Waals surface area contributed by atoms with Crippen molar-refractivity contribution in [1.82, 2.24) is 4.90 Å². The number of unbranched alkanes of at least 4 members (excludes halogenated alkanes) is 1. The lowest BCUT2D eigenvalue weighted by atomic mass is 10.3. The number of carbonyl (C=O) groups excluding carboxylic acids is 1. The molecule has 1 aliphatic heterocycles. The van der Waals surface area contributed by atoms with Crippen LogP contribution in [0.15, 0.2) is 0 Å². The highest BCUT2D eigenvalue weighted by atomic mass is 16.5. The van der Waals surface area contributed by atoms with Crippen LogP contribution < -0.4 is 0 Å². The molecule has 0 N–H and O–H groups in total. The smallest absolute Gasteiger partial charge is 0.320 e. The highest BCUT2D eigenvalue weighted by Gasteiger charge is 2.23. The van der Waals surface area contributed by atoms with Crippen molar-refractivity contribution in [3.05, 3.63) is 0 Å². The summed E-state index contributed by atoms with van der Waals surface area (Å²) in [5, 5.41) is 0. The number of nitrogens with zero attached hydrogens (tertiary/aromatic N) is 1. The van der Waals surface area contributed by atoms with Gasteiger partial charge < -0.3 is 9.47 Å². The van der Waals surface area contributed by atoms with Crippen LogP contribution in [0.5, 0.6) is 0 Å². The average Bonchev–Trinajstić information content (AvgIpc) is 2.66. The summed E-state index contributed by atoms with van der Waals surface area (Å²) in [6, 6.07) is 0. The molecule has 88 valence electrons. The van der Waals surface area contributed by atoms with Crippen LogP contribution >= 0.6 is 0 Å². The van der Waals surface area contributed by atoms with Crippen molar-refractivity contribution < 1.29 is 14.3 Å². The van der Waals surface area contributed by atoms with Crippen LogP contribution in [0.2, 0.25) is 0 Å². The van der Waals surface area contributed by atoms with Crippen LogP contribution in [0.4, 0.5) is 0 Å². The van der Waals surface area contributed by atoms with Crippen molar-refractivity contribution in [3.8, 4) is 0 Å². The summed E-state index contributed by atoms with van der Waals surface area (Å²) in [4.78, 5) is 13.4. The number of esters is 1. The number of ether oxygens (including phenoxy) is 2. The predicted octanol–water partition coefficient (Wildman–Crippen LogP) is 1.05. The molecular formula is C11H21NO3. The SMILES string of the molecule is CCCCOC(=O)CN1CCC(OC)C1. The zero-order valence-electron chi connectivity index (χ0n) is 9.70. The Morgan fingerprint density at radius 3 is 2.93 bits per heavy atom. The van der Waals surface area contributed by atoms with Gasteiger partial charge in [-0.05, 0) is 12.8 Å². The van der Waals surface area contributed by atoms with E-state index in [0.717, 1.165) is 32.4 Å². The standard InChI is InChI=1S/C11H21NO3/c1-3-4-7-15-11(13)9-12-6-5-10(8-12)14-2/h10H,3-9H2,1-2H3. The predicted molar refractivity (Wildman–Crippen MR) is 57.7 cm³/mol. The zero-order valence-corrected chi connectivity index (χ0v) is 9.70. The molecule has 1 aliphatic rings. The summed E-state index contributed by atoms with van der Waals surface area (Å²) in [6.45, 7) is 4.82. The summed E-state index contributed by atoms with van der Waals surface area (Å²) in [6.07, 6.45) is 3.31. The highest BCUT2D eigenvalue weighted by Crippen LogP contribution is 2.11. The van der Waals surface area contributed by atoms with E-state index >= 15 is 0 Å². The summed E-state index contributed by atoms with van der Waals surface area (Å²) in [7, 11) is 1.72. The molecule has 15 heavy (non-hydrogen) atoms. The second-order valence-electron chi connectivity index (χ2n) is 3.96. The first kappa shape index (κ1) is 12.5. The minimum atomic E-state index is -0.111. The number of likely N-dealkylation sites (tertiary alicyclic amines) is 1. The third-order valence-electron chi connectivity index (χ3n) is 2.68. The fourth-order valence-electron chi connectivity index (χ4n) is 1.69. The van der Waals surface area contributed by atoms with Crippen molar-refractivity contribution in [2.75, 3.05) is 33.4 Å². The van der Waals surface area contributed by atoms with Gasteiger partial charge in [0.2, 0.25) is 0 Å². The summed E-state index contributed by atoms with van der Waals surface area (Å²) in [5.74, 6) is -0.111. The molecule has 1 atom stereocenters. The molecule has 1 rings (SSSR count). The van der Waals surface area contributed by atoms with E-state index in [1.165, 1.54) is 0 Å². The van der Waals surface area contributed by atoms with Gasteiger partial charge in [0.1, 0.15) is 0 Å². The largest absolute Gasteiger partial charge is 0.465 e. The Hall–Kier alpha value is -0.610. The Balaban J connectivity index is 2.10. The van der Waals surface area contributed by atoms with Crippen LogP contribution in [0.1, 0.15) is 26.2 Å². The Kier molecular flexibility index (Phi) is 5.65. The number of hydrogen-bond acceptors (Lipinski definition) is 4. The van der Waals surface area contributed by atoms with Gasteiger partial charge in [-0.3, -0.25) is 9.69 Å². The first-order valence-electron chi connectivity index (χ1n) is 5.67. The zero-order chi connectivity index (χ0) is 11.1. The monoisotopic (exact) mass is 215 g/mol. The maximum atomic E-state index is 11.4. The average molecular weight is 215 g/mol. The minimum Gasteiger partial charge on any atom is -0.465 e. The Morgan fingerprint density at radius 1 is 1.53 bits per heavy atom. The molecule has 0 saturated carbocycles. The lowest BCUT2D eigenvalue weighted by Gasteiger charge is -2.14. The van der Waals surface area contributed by atoms with Crippen molar-refractivity contribution in [1.29, 1.82) is 0 Å². The number of methoxy groups -OCH3 is 1. The van der Waals surface area contributed by atoms with Gasteiger partial charge in [-0.2, -0.15) is 0 Å². The van der Waals surface area contributed by atoms with Gasteiger partial charge in [0.25, 0.3) is 0 Å². The summed E-state index contributed by atoms with van der Waals surface area (Å²) in [5.41, 5.74) is 0. The summed E-state index contributed by atoms with van der Waals surface area (Å²) >= 11 is 0. The number of rotatable bonds is 6. The quantitative estimate of drug-likeness (QED) is 0.490. The van der Waals surface area contributed by atoms with E-state index in [4.69, 9.17) is 9.47 Å². The second kappa shape index (κ2) is 6.80. The molecule has 4 nitrogen and oxygen atoms in total. The maximum absolute atomic E-state index is 11.4. The van der Waals surface area contributed by atoms with Crippen LogP contribution in [-0.2, 0) is 14.3 Å². The van der Waals surface area contributed by atoms with E-state index in [9.17, 15) is 4.79 Å².